The van der Waals surface area contributed by atoms with Crippen molar-refractivity contribution < 1.29 is 4.74 Å². The number of anilines is 5. The molecule has 1 fully saturated rings. The second kappa shape index (κ2) is 14.7. The summed E-state index contributed by atoms with van der Waals surface area (Å²) in [5.74, 6) is 1.64. The number of halogens is 1. The average Bonchev–Trinajstić information content (AvgIpc) is 3.72. The third kappa shape index (κ3) is 8.52. The number of morpholine rings is 1. The molecule has 45 heavy (non-hydrogen) atoms. The number of benzene rings is 2. The molecule has 0 atom stereocenters. The Kier molecular flexibility index (Phi) is 10.1. The molecule has 0 radical (unpaired) electrons. The minimum absolute atomic E-state index is 0.801. The monoisotopic (exact) mass is 697 g/mol. The number of aryl methyl sites for hydroxylation is 2. The fraction of sp³-hybridized carbons (Fsp3) is 0.176. The summed E-state index contributed by atoms with van der Waals surface area (Å²) in [4.78, 5) is 20.5. The van der Waals surface area contributed by atoms with Crippen molar-refractivity contribution in [2.45, 2.75) is 13.8 Å². The molecular formula is C34H32BrN7OS2. The summed E-state index contributed by atoms with van der Waals surface area (Å²) in [7, 11) is 0. The van der Waals surface area contributed by atoms with Crippen molar-refractivity contribution in [1.29, 1.82) is 0 Å². The van der Waals surface area contributed by atoms with Gasteiger partial charge in [0.15, 0.2) is 10.3 Å². The zero-order valence-electron chi connectivity index (χ0n) is 24.9. The van der Waals surface area contributed by atoms with E-state index in [-0.39, 0.29) is 0 Å². The minimum atomic E-state index is 0.801. The Labute approximate surface area is 279 Å². The van der Waals surface area contributed by atoms with E-state index < -0.39 is 0 Å². The Balaban J connectivity index is 0.000000163. The van der Waals surface area contributed by atoms with Gasteiger partial charge in [0.1, 0.15) is 11.6 Å². The number of nitrogens with one attached hydrogen (secondary N) is 2. The second-order valence-electron chi connectivity index (χ2n) is 10.3. The summed E-state index contributed by atoms with van der Waals surface area (Å²) < 4.78 is 6.48. The highest BCUT2D eigenvalue weighted by atomic mass is 79.9. The lowest BCUT2D eigenvalue weighted by molar-refractivity contribution is 0.122. The standard InChI is InChI=1S/C19H20N4OS.C15H12BrN3S/c1-14-3-2-4-18(20-14)22-19-21-17(13-25-19)15-5-7-16(8-6-15)23-9-11-24-12-10-23;1-10-3-2-4-14(17-10)19-15-18-13(9-20-15)11-5-7-12(16)8-6-11/h2-8,13H,9-12H2,1H3,(H,20,21,22);2-9H,1H3,(H,17,18,19). The molecule has 0 aliphatic carbocycles. The molecule has 0 amide bonds. The lowest BCUT2D eigenvalue weighted by Crippen LogP contribution is -2.36. The van der Waals surface area contributed by atoms with Crippen LogP contribution in [0.5, 0.6) is 0 Å². The molecule has 2 N–H and O–H groups in total. The van der Waals surface area contributed by atoms with Gasteiger partial charge < -0.3 is 20.3 Å². The van der Waals surface area contributed by atoms with Crippen molar-refractivity contribution in [3.8, 4) is 22.5 Å². The maximum absolute atomic E-state index is 5.41. The number of pyridine rings is 2. The van der Waals surface area contributed by atoms with Crippen LogP contribution >= 0.6 is 38.6 Å². The maximum Gasteiger partial charge on any atom is 0.188 e. The van der Waals surface area contributed by atoms with Crippen LogP contribution in [0.4, 0.5) is 27.6 Å². The first-order chi connectivity index (χ1) is 22.0. The summed E-state index contributed by atoms with van der Waals surface area (Å²) in [5.41, 5.74) is 7.39. The van der Waals surface area contributed by atoms with Crippen LogP contribution in [0.15, 0.2) is 100 Å². The first-order valence-corrected chi connectivity index (χ1v) is 17.1. The van der Waals surface area contributed by atoms with E-state index in [1.54, 1.807) is 22.7 Å². The fourth-order valence-corrected chi connectivity index (χ4v) is 6.37. The van der Waals surface area contributed by atoms with Gasteiger partial charge in [0.2, 0.25) is 0 Å². The number of nitrogens with zero attached hydrogens (tertiary/aromatic N) is 5. The van der Waals surface area contributed by atoms with Gasteiger partial charge in [-0.2, -0.15) is 0 Å². The summed E-state index contributed by atoms with van der Waals surface area (Å²) in [5, 5.41) is 12.3. The summed E-state index contributed by atoms with van der Waals surface area (Å²) in [6, 6.07) is 28.5. The Morgan fingerprint density at radius 3 is 1.62 bits per heavy atom. The van der Waals surface area contributed by atoms with E-state index in [0.29, 0.717) is 0 Å². The van der Waals surface area contributed by atoms with Crippen LogP contribution in [0.2, 0.25) is 0 Å². The quantitative estimate of drug-likeness (QED) is 0.171. The van der Waals surface area contributed by atoms with E-state index in [2.05, 4.69) is 81.0 Å². The Bertz CT molecular complexity index is 1830. The van der Waals surface area contributed by atoms with Crippen LogP contribution in [-0.2, 0) is 4.74 Å². The van der Waals surface area contributed by atoms with Crippen LogP contribution < -0.4 is 15.5 Å². The molecule has 2 aromatic carbocycles. The molecule has 1 aliphatic heterocycles. The lowest BCUT2D eigenvalue weighted by atomic mass is 10.1. The van der Waals surface area contributed by atoms with Gasteiger partial charge in [-0.1, -0.05) is 52.3 Å². The first kappa shape index (κ1) is 30.8. The van der Waals surface area contributed by atoms with Crippen LogP contribution in [0.25, 0.3) is 22.5 Å². The molecular weight excluding hydrogens is 666 g/mol. The van der Waals surface area contributed by atoms with E-state index in [1.807, 2.05) is 79.9 Å². The topological polar surface area (TPSA) is 88.1 Å². The number of aromatic nitrogens is 4. The molecule has 8 nitrogen and oxygen atoms in total. The van der Waals surface area contributed by atoms with Crippen LogP contribution in [0.3, 0.4) is 0 Å². The smallest absolute Gasteiger partial charge is 0.188 e. The highest BCUT2D eigenvalue weighted by Crippen LogP contribution is 2.29. The molecule has 1 aliphatic rings. The number of thiazole rings is 2. The zero-order chi connectivity index (χ0) is 31.0. The largest absolute Gasteiger partial charge is 0.378 e. The Hall–Kier alpha value is -4.16. The van der Waals surface area contributed by atoms with Gasteiger partial charge >= 0.3 is 0 Å². The highest BCUT2D eigenvalue weighted by molar-refractivity contribution is 9.10. The third-order valence-corrected chi connectivity index (χ3v) is 8.98. The van der Waals surface area contributed by atoms with Crippen molar-refractivity contribution in [2.75, 3.05) is 41.8 Å². The number of ether oxygens (including phenoxy) is 1. The third-order valence-electron chi connectivity index (χ3n) is 6.93. The molecule has 7 rings (SSSR count). The predicted molar refractivity (Wildman–Crippen MR) is 190 cm³/mol. The molecule has 0 unspecified atom stereocenters. The van der Waals surface area contributed by atoms with Crippen LogP contribution in [0, 0.1) is 13.8 Å². The van der Waals surface area contributed by atoms with E-state index in [1.165, 1.54) is 5.69 Å². The van der Waals surface area contributed by atoms with Crippen molar-refractivity contribution in [3.63, 3.8) is 0 Å². The molecule has 4 aromatic heterocycles. The zero-order valence-corrected chi connectivity index (χ0v) is 28.1. The van der Waals surface area contributed by atoms with Crippen molar-refractivity contribution >= 4 is 66.2 Å². The van der Waals surface area contributed by atoms with Gasteiger partial charge in [0.25, 0.3) is 0 Å². The van der Waals surface area contributed by atoms with Gasteiger partial charge in [-0.25, -0.2) is 19.9 Å². The molecule has 1 saturated heterocycles. The van der Waals surface area contributed by atoms with E-state index in [0.717, 1.165) is 86.6 Å². The first-order valence-electron chi connectivity index (χ1n) is 14.5. The van der Waals surface area contributed by atoms with Crippen molar-refractivity contribution in [2.24, 2.45) is 0 Å². The van der Waals surface area contributed by atoms with Gasteiger partial charge in [0, 0.05) is 56.5 Å². The SMILES string of the molecule is Cc1cccc(Nc2nc(-c3ccc(Br)cc3)cs2)n1.Cc1cccc(Nc2nc(-c3ccc(N4CCOCC4)cc3)cs2)n1. The van der Waals surface area contributed by atoms with E-state index in [4.69, 9.17) is 4.74 Å². The molecule has 0 bridgehead atoms. The van der Waals surface area contributed by atoms with Crippen LogP contribution in [0.1, 0.15) is 11.4 Å². The molecule has 5 heterocycles. The number of hydrogen-bond acceptors (Lipinski definition) is 10. The molecule has 6 aromatic rings. The average molecular weight is 699 g/mol. The molecule has 0 saturated carbocycles. The van der Waals surface area contributed by atoms with E-state index >= 15 is 0 Å². The van der Waals surface area contributed by atoms with E-state index in [9.17, 15) is 0 Å². The fourth-order valence-electron chi connectivity index (χ4n) is 4.66. The minimum Gasteiger partial charge on any atom is -0.378 e. The summed E-state index contributed by atoms with van der Waals surface area (Å²) in [6.07, 6.45) is 0. The molecule has 228 valence electrons. The number of rotatable bonds is 7. The second-order valence-corrected chi connectivity index (χ2v) is 12.9. The molecule has 11 heteroatoms. The lowest BCUT2D eigenvalue weighted by Gasteiger charge is -2.28. The maximum atomic E-state index is 5.41. The summed E-state index contributed by atoms with van der Waals surface area (Å²) in [6.45, 7) is 7.46. The van der Waals surface area contributed by atoms with Crippen molar-refractivity contribution in [1.82, 2.24) is 19.9 Å². The van der Waals surface area contributed by atoms with Gasteiger partial charge in [-0.15, -0.1) is 22.7 Å². The number of hydrogen-bond donors (Lipinski definition) is 2. The molecule has 0 spiro atoms. The highest BCUT2D eigenvalue weighted by Gasteiger charge is 2.12. The van der Waals surface area contributed by atoms with Crippen LogP contribution in [-0.4, -0.2) is 46.2 Å². The van der Waals surface area contributed by atoms with Gasteiger partial charge in [-0.05, 0) is 62.4 Å². The van der Waals surface area contributed by atoms with Gasteiger partial charge in [0.05, 0.1) is 24.6 Å². The van der Waals surface area contributed by atoms with Crippen molar-refractivity contribution in [3.05, 3.63) is 112 Å². The van der Waals surface area contributed by atoms with Gasteiger partial charge in [-0.3, -0.25) is 0 Å². The Morgan fingerprint density at radius 1 is 0.644 bits per heavy atom. The normalized spacial score (nSPS) is 12.7. The summed E-state index contributed by atoms with van der Waals surface area (Å²) >= 11 is 6.60. The predicted octanol–water partition coefficient (Wildman–Crippen LogP) is 9.11. The Morgan fingerprint density at radius 2 is 1.13 bits per heavy atom.